The van der Waals surface area contributed by atoms with Gasteiger partial charge in [-0.25, -0.2) is 9.97 Å². The molecule has 0 unspecified atom stereocenters. The minimum atomic E-state index is -0.927. The summed E-state index contributed by atoms with van der Waals surface area (Å²) in [7, 11) is 0. The zero-order valence-electron chi connectivity index (χ0n) is 14.8. The number of hydrogen-bond acceptors (Lipinski definition) is 6. The molecule has 3 aromatic rings. The van der Waals surface area contributed by atoms with Crippen molar-refractivity contribution in [3.63, 3.8) is 0 Å². The molecule has 27 heavy (non-hydrogen) atoms. The van der Waals surface area contributed by atoms with Crippen LogP contribution in [0, 0.1) is 22.7 Å². The minimum Gasteiger partial charge on any atom is -0.368 e. The Kier molecular flexibility index (Phi) is 4.55. The number of aromatic nitrogens is 2. The Morgan fingerprint density at radius 1 is 0.741 bits per heavy atom. The minimum absolute atomic E-state index is 0.451. The van der Waals surface area contributed by atoms with Crippen molar-refractivity contribution in [1.82, 2.24) is 9.97 Å². The van der Waals surface area contributed by atoms with Gasteiger partial charge in [0.15, 0.2) is 11.7 Å². The number of anilines is 2. The SMILES string of the molecule is N#CC(C#N)c1nc2ccccc2nc1N1CCN(c2ccccc2)CC1. The number of fused-ring (bicyclic) bond motifs is 1. The topological polar surface area (TPSA) is 79.8 Å². The Labute approximate surface area is 157 Å². The molecule has 2 aromatic carbocycles. The second-order valence-electron chi connectivity index (χ2n) is 6.42. The number of nitrogens with zero attached hydrogens (tertiary/aromatic N) is 6. The van der Waals surface area contributed by atoms with Gasteiger partial charge in [-0.2, -0.15) is 10.5 Å². The maximum atomic E-state index is 9.40. The van der Waals surface area contributed by atoms with E-state index in [1.54, 1.807) is 0 Å². The summed E-state index contributed by atoms with van der Waals surface area (Å²) in [6, 6.07) is 22.0. The van der Waals surface area contributed by atoms with E-state index >= 15 is 0 Å². The summed E-state index contributed by atoms with van der Waals surface area (Å²) in [6.07, 6.45) is 0. The molecule has 0 amide bonds. The molecule has 0 N–H and O–H groups in total. The summed E-state index contributed by atoms with van der Waals surface area (Å²) in [6.45, 7) is 3.22. The lowest BCUT2D eigenvalue weighted by Gasteiger charge is -2.37. The van der Waals surface area contributed by atoms with Crippen LogP contribution in [0.1, 0.15) is 11.6 Å². The molecular formula is C21H18N6. The van der Waals surface area contributed by atoms with Crippen molar-refractivity contribution in [2.45, 2.75) is 5.92 Å². The summed E-state index contributed by atoms with van der Waals surface area (Å²) in [5, 5.41) is 18.8. The zero-order chi connectivity index (χ0) is 18.6. The zero-order valence-corrected chi connectivity index (χ0v) is 14.8. The highest BCUT2D eigenvalue weighted by Crippen LogP contribution is 2.28. The van der Waals surface area contributed by atoms with Gasteiger partial charge in [-0.15, -0.1) is 0 Å². The fourth-order valence-corrected chi connectivity index (χ4v) is 3.40. The Hall–Kier alpha value is -3.64. The van der Waals surface area contributed by atoms with E-state index in [1.165, 1.54) is 5.69 Å². The molecule has 0 atom stereocenters. The Morgan fingerprint density at radius 3 is 1.93 bits per heavy atom. The maximum Gasteiger partial charge on any atom is 0.178 e. The molecule has 6 nitrogen and oxygen atoms in total. The average molecular weight is 354 g/mol. The van der Waals surface area contributed by atoms with Crippen LogP contribution < -0.4 is 9.80 Å². The Balaban J connectivity index is 1.66. The second-order valence-corrected chi connectivity index (χ2v) is 6.42. The van der Waals surface area contributed by atoms with E-state index in [9.17, 15) is 10.5 Å². The molecule has 1 fully saturated rings. The third-order valence-electron chi connectivity index (χ3n) is 4.81. The van der Waals surface area contributed by atoms with E-state index in [2.05, 4.69) is 26.9 Å². The molecule has 2 heterocycles. The third-order valence-corrected chi connectivity index (χ3v) is 4.81. The first-order valence-electron chi connectivity index (χ1n) is 8.91. The van der Waals surface area contributed by atoms with E-state index in [0.717, 1.165) is 31.7 Å². The van der Waals surface area contributed by atoms with Gasteiger partial charge in [0.2, 0.25) is 0 Å². The van der Waals surface area contributed by atoms with Crippen molar-refractivity contribution < 1.29 is 0 Å². The normalized spacial score (nSPS) is 14.2. The number of benzene rings is 2. The molecule has 1 aliphatic rings. The Morgan fingerprint density at radius 2 is 1.30 bits per heavy atom. The number of hydrogen-bond donors (Lipinski definition) is 0. The second kappa shape index (κ2) is 7.31. The summed E-state index contributed by atoms with van der Waals surface area (Å²) < 4.78 is 0. The van der Waals surface area contributed by atoms with Crippen LogP contribution in [0.4, 0.5) is 11.5 Å². The molecule has 0 radical (unpaired) electrons. The van der Waals surface area contributed by atoms with Crippen molar-refractivity contribution >= 4 is 22.5 Å². The van der Waals surface area contributed by atoms with Gasteiger partial charge in [-0.3, -0.25) is 0 Å². The van der Waals surface area contributed by atoms with Gasteiger partial charge in [0.25, 0.3) is 0 Å². The monoisotopic (exact) mass is 354 g/mol. The fraction of sp³-hybridized carbons (Fsp3) is 0.238. The summed E-state index contributed by atoms with van der Waals surface area (Å²) in [5.41, 5.74) is 3.13. The van der Waals surface area contributed by atoms with Crippen LogP contribution >= 0.6 is 0 Å². The van der Waals surface area contributed by atoms with Crippen LogP contribution in [0.15, 0.2) is 54.6 Å². The van der Waals surface area contributed by atoms with Gasteiger partial charge in [0.05, 0.1) is 23.2 Å². The van der Waals surface area contributed by atoms with E-state index in [4.69, 9.17) is 4.98 Å². The van der Waals surface area contributed by atoms with Gasteiger partial charge in [-0.05, 0) is 24.3 Å². The highest BCUT2D eigenvalue weighted by molar-refractivity contribution is 5.77. The smallest absolute Gasteiger partial charge is 0.178 e. The molecule has 1 aliphatic heterocycles. The van der Waals surface area contributed by atoms with Crippen LogP contribution in [-0.4, -0.2) is 36.1 Å². The predicted octanol–water partition coefficient (Wildman–Crippen LogP) is 3.09. The standard InChI is InChI=1S/C21H18N6/c22-14-16(15-23)20-21(25-19-9-5-4-8-18(19)24-20)27-12-10-26(11-13-27)17-6-2-1-3-7-17/h1-9,16H,10-13H2. The van der Waals surface area contributed by atoms with Crippen LogP contribution in [0.3, 0.4) is 0 Å². The van der Waals surface area contributed by atoms with Gasteiger partial charge < -0.3 is 9.80 Å². The molecule has 1 saturated heterocycles. The van der Waals surface area contributed by atoms with E-state index < -0.39 is 5.92 Å². The number of piperazine rings is 1. The van der Waals surface area contributed by atoms with Crippen molar-refractivity contribution in [2.75, 3.05) is 36.0 Å². The molecule has 4 rings (SSSR count). The van der Waals surface area contributed by atoms with Crippen molar-refractivity contribution in [2.24, 2.45) is 0 Å². The Bertz CT molecular complexity index is 1010. The molecular weight excluding hydrogens is 336 g/mol. The molecule has 1 aromatic heterocycles. The molecule has 132 valence electrons. The molecule has 0 aliphatic carbocycles. The fourth-order valence-electron chi connectivity index (χ4n) is 3.40. The first kappa shape index (κ1) is 16.8. The van der Waals surface area contributed by atoms with E-state index in [-0.39, 0.29) is 0 Å². The lowest BCUT2D eigenvalue weighted by atomic mass is 10.1. The molecule has 0 bridgehead atoms. The number of rotatable bonds is 3. The lowest BCUT2D eigenvalue weighted by molar-refractivity contribution is 0.644. The van der Waals surface area contributed by atoms with Crippen LogP contribution in [0.5, 0.6) is 0 Å². The number of para-hydroxylation sites is 3. The van der Waals surface area contributed by atoms with Gasteiger partial charge >= 0.3 is 0 Å². The van der Waals surface area contributed by atoms with Crippen LogP contribution in [0.25, 0.3) is 11.0 Å². The van der Waals surface area contributed by atoms with Crippen LogP contribution in [0.2, 0.25) is 0 Å². The largest absolute Gasteiger partial charge is 0.368 e. The average Bonchev–Trinajstić information content (AvgIpc) is 2.75. The summed E-state index contributed by atoms with van der Waals surface area (Å²) in [4.78, 5) is 13.8. The predicted molar refractivity (Wildman–Crippen MR) is 104 cm³/mol. The van der Waals surface area contributed by atoms with Gasteiger partial charge in [-0.1, -0.05) is 30.3 Å². The molecule has 0 spiro atoms. The summed E-state index contributed by atoms with van der Waals surface area (Å²) in [5.74, 6) is -0.279. The van der Waals surface area contributed by atoms with Crippen LogP contribution in [-0.2, 0) is 0 Å². The maximum absolute atomic E-state index is 9.40. The quantitative estimate of drug-likeness (QED) is 0.719. The molecule has 0 saturated carbocycles. The van der Waals surface area contributed by atoms with Crippen molar-refractivity contribution in [1.29, 1.82) is 10.5 Å². The summed E-state index contributed by atoms with van der Waals surface area (Å²) >= 11 is 0. The first-order valence-corrected chi connectivity index (χ1v) is 8.91. The highest BCUT2D eigenvalue weighted by atomic mass is 15.3. The highest BCUT2D eigenvalue weighted by Gasteiger charge is 2.26. The lowest BCUT2D eigenvalue weighted by Crippen LogP contribution is -2.47. The van der Waals surface area contributed by atoms with Crippen molar-refractivity contribution in [3.05, 3.63) is 60.3 Å². The first-order chi connectivity index (χ1) is 13.3. The van der Waals surface area contributed by atoms with Gasteiger partial charge in [0, 0.05) is 31.9 Å². The molecule has 6 heteroatoms. The van der Waals surface area contributed by atoms with E-state index in [0.29, 0.717) is 17.0 Å². The number of nitriles is 2. The van der Waals surface area contributed by atoms with Crippen molar-refractivity contribution in [3.8, 4) is 12.1 Å². The van der Waals surface area contributed by atoms with Gasteiger partial charge in [0.1, 0.15) is 5.69 Å². The van der Waals surface area contributed by atoms with E-state index in [1.807, 2.05) is 54.6 Å². The third kappa shape index (κ3) is 3.26.